The van der Waals surface area contributed by atoms with Crippen molar-refractivity contribution >= 4 is 28.9 Å². The highest BCUT2D eigenvalue weighted by Crippen LogP contribution is 2.32. The van der Waals surface area contributed by atoms with Crippen LogP contribution >= 0.6 is 11.6 Å². The highest BCUT2D eigenvalue weighted by atomic mass is 35.5. The molecule has 0 saturated carbocycles. The molecule has 3 nitrogen and oxygen atoms in total. The molecule has 0 spiro atoms. The van der Waals surface area contributed by atoms with Gasteiger partial charge in [-0.15, -0.1) is 0 Å². The number of anilines is 1. The lowest BCUT2D eigenvalue weighted by Crippen LogP contribution is -2.36. The molecule has 1 amide bonds. The third-order valence-corrected chi connectivity index (χ3v) is 5.47. The number of hydrogen-bond donors (Lipinski definition) is 0. The van der Waals surface area contributed by atoms with Crippen molar-refractivity contribution in [1.82, 2.24) is 0 Å². The number of benzene rings is 3. The number of alkyl halides is 3. The summed E-state index contributed by atoms with van der Waals surface area (Å²) in [6.45, 7) is 0. The first-order chi connectivity index (χ1) is 14.7. The van der Waals surface area contributed by atoms with Gasteiger partial charge in [-0.2, -0.15) is 13.2 Å². The number of rotatable bonds is 3. The van der Waals surface area contributed by atoms with E-state index in [9.17, 15) is 18.0 Å². The SMILES string of the molecule is CN1C(=O)C(Cc2ccc(C(F)(F)F)cc2)N=C(c2ccccc2)c2cc(Cl)ccc21. The molecule has 31 heavy (non-hydrogen) atoms. The van der Waals surface area contributed by atoms with Crippen molar-refractivity contribution in [1.29, 1.82) is 0 Å². The van der Waals surface area contributed by atoms with Crippen LogP contribution in [-0.2, 0) is 17.4 Å². The average molecular weight is 443 g/mol. The number of fused-ring (bicyclic) bond motifs is 1. The van der Waals surface area contributed by atoms with Crippen molar-refractivity contribution in [2.45, 2.75) is 18.6 Å². The second-order valence-corrected chi connectivity index (χ2v) is 7.75. The lowest BCUT2D eigenvalue weighted by atomic mass is 10.00. The lowest BCUT2D eigenvalue weighted by molar-refractivity contribution is -0.137. The van der Waals surface area contributed by atoms with Gasteiger partial charge in [0.1, 0.15) is 6.04 Å². The molecule has 1 heterocycles. The van der Waals surface area contributed by atoms with Gasteiger partial charge in [0.25, 0.3) is 5.91 Å². The van der Waals surface area contributed by atoms with E-state index in [0.717, 1.165) is 23.3 Å². The number of nitrogens with zero attached hydrogens (tertiary/aromatic N) is 2. The Hall–Kier alpha value is -3.12. The molecule has 4 rings (SSSR count). The van der Waals surface area contributed by atoms with E-state index < -0.39 is 17.8 Å². The van der Waals surface area contributed by atoms with Crippen molar-refractivity contribution in [3.8, 4) is 0 Å². The summed E-state index contributed by atoms with van der Waals surface area (Å²) < 4.78 is 38.6. The van der Waals surface area contributed by atoms with Crippen molar-refractivity contribution in [3.05, 3.63) is 100 Å². The fourth-order valence-corrected chi connectivity index (χ4v) is 3.80. The Bertz CT molecular complexity index is 1140. The van der Waals surface area contributed by atoms with E-state index in [1.807, 2.05) is 30.3 Å². The maximum Gasteiger partial charge on any atom is 0.416 e. The van der Waals surface area contributed by atoms with E-state index in [2.05, 4.69) is 0 Å². The molecule has 0 N–H and O–H groups in total. The van der Waals surface area contributed by atoms with Gasteiger partial charge in [-0.3, -0.25) is 9.79 Å². The van der Waals surface area contributed by atoms with E-state index in [-0.39, 0.29) is 12.3 Å². The second kappa shape index (κ2) is 8.19. The van der Waals surface area contributed by atoms with Gasteiger partial charge in [-0.1, -0.05) is 54.1 Å². The fourth-order valence-electron chi connectivity index (χ4n) is 3.63. The van der Waals surface area contributed by atoms with E-state index in [1.54, 1.807) is 25.2 Å². The van der Waals surface area contributed by atoms with Crippen LogP contribution in [0.25, 0.3) is 0 Å². The molecule has 1 aliphatic rings. The summed E-state index contributed by atoms with van der Waals surface area (Å²) in [5, 5.41) is 0.518. The van der Waals surface area contributed by atoms with Crippen LogP contribution in [-0.4, -0.2) is 24.7 Å². The Morgan fingerprint density at radius 1 is 1.00 bits per heavy atom. The number of likely N-dealkylation sites (N-methyl/N-ethyl adjacent to an activating group) is 1. The number of amides is 1. The maximum atomic E-state index is 13.2. The van der Waals surface area contributed by atoms with Gasteiger partial charge < -0.3 is 4.90 Å². The first-order valence-corrected chi connectivity index (χ1v) is 9.98. The summed E-state index contributed by atoms with van der Waals surface area (Å²) in [7, 11) is 1.66. The topological polar surface area (TPSA) is 32.7 Å². The molecule has 158 valence electrons. The number of carbonyl (C=O) groups is 1. The van der Waals surface area contributed by atoms with E-state index >= 15 is 0 Å². The van der Waals surface area contributed by atoms with Gasteiger partial charge in [-0.25, -0.2) is 0 Å². The largest absolute Gasteiger partial charge is 0.416 e. The van der Waals surface area contributed by atoms with Gasteiger partial charge in [0.05, 0.1) is 17.0 Å². The zero-order chi connectivity index (χ0) is 22.2. The number of benzodiazepines with no additional fused rings is 1. The molecule has 0 radical (unpaired) electrons. The van der Waals surface area contributed by atoms with Crippen LogP contribution in [0.2, 0.25) is 5.02 Å². The van der Waals surface area contributed by atoms with Crippen LogP contribution in [0.1, 0.15) is 22.3 Å². The third kappa shape index (κ3) is 4.35. The summed E-state index contributed by atoms with van der Waals surface area (Å²) in [6, 6.07) is 18.7. The molecule has 1 aliphatic heterocycles. The molecular weight excluding hydrogens is 425 g/mol. The Morgan fingerprint density at radius 2 is 1.68 bits per heavy atom. The van der Waals surface area contributed by atoms with Gasteiger partial charge in [0.2, 0.25) is 0 Å². The highest BCUT2D eigenvalue weighted by Gasteiger charge is 2.32. The monoisotopic (exact) mass is 442 g/mol. The summed E-state index contributed by atoms with van der Waals surface area (Å²) in [4.78, 5) is 19.5. The zero-order valence-electron chi connectivity index (χ0n) is 16.5. The van der Waals surface area contributed by atoms with Crippen molar-refractivity contribution < 1.29 is 18.0 Å². The first kappa shape index (κ1) is 21.1. The van der Waals surface area contributed by atoms with E-state index in [4.69, 9.17) is 16.6 Å². The van der Waals surface area contributed by atoms with Crippen LogP contribution < -0.4 is 4.90 Å². The van der Waals surface area contributed by atoms with Crippen molar-refractivity contribution in [3.63, 3.8) is 0 Å². The van der Waals surface area contributed by atoms with Crippen LogP contribution in [0.3, 0.4) is 0 Å². The number of hydrogen-bond acceptors (Lipinski definition) is 2. The summed E-state index contributed by atoms with van der Waals surface area (Å²) in [6.07, 6.45) is -4.23. The predicted octanol–water partition coefficient (Wildman–Crippen LogP) is 5.78. The predicted molar refractivity (Wildman–Crippen MR) is 116 cm³/mol. The molecule has 3 aromatic rings. The molecular formula is C24H18ClF3N2O. The van der Waals surface area contributed by atoms with Crippen LogP contribution in [0.15, 0.2) is 77.8 Å². The fraction of sp³-hybridized carbons (Fsp3) is 0.167. The zero-order valence-corrected chi connectivity index (χ0v) is 17.3. The number of aliphatic imine (C=N–C) groups is 1. The Labute approximate surface area is 182 Å². The maximum absolute atomic E-state index is 13.2. The van der Waals surface area contributed by atoms with Gasteiger partial charge in [-0.05, 0) is 35.9 Å². The first-order valence-electron chi connectivity index (χ1n) is 9.61. The molecule has 0 saturated heterocycles. The molecule has 0 aliphatic carbocycles. The molecule has 0 fully saturated rings. The second-order valence-electron chi connectivity index (χ2n) is 7.32. The van der Waals surface area contributed by atoms with Crippen molar-refractivity contribution in [2.75, 3.05) is 11.9 Å². The lowest BCUT2D eigenvalue weighted by Gasteiger charge is -2.20. The minimum Gasteiger partial charge on any atom is -0.313 e. The quantitative estimate of drug-likeness (QED) is 0.505. The third-order valence-electron chi connectivity index (χ3n) is 5.23. The molecule has 1 atom stereocenters. The molecule has 0 aromatic heterocycles. The summed E-state index contributed by atoms with van der Waals surface area (Å²) in [5.41, 5.74) is 2.71. The molecule has 1 unspecified atom stereocenters. The van der Waals surface area contributed by atoms with E-state index in [1.165, 1.54) is 17.0 Å². The molecule has 3 aromatic carbocycles. The van der Waals surface area contributed by atoms with Crippen LogP contribution in [0, 0.1) is 0 Å². The Morgan fingerprint density at radius 3 is 2.32 bits per heavy atom. The summed E-state index contributed by atoms with van der Waals surface area (Å²) in [5.74, 6) is -0.241. The highest BCUT2D eigenvalue weighted by molar-refractivity contribution is 6.32. The van der Waals surface area contributed by atoms with Gasteiger partial charge in [0.15, 0.2) is 0 Å². The number of halogens is 4. The molecule has 7 heteroatoms. The minimum absolute atomic E-state index is 0.180. The Balaban J connectivity index is 1.78. The van der Waals surface area contributed by atoms with Crippen LogP contribution in [0.5, 0.6) is 0 Å². The smallest absolute Gasteiger partial charge is 0.313 e. The Kier molecular flexibility index (Phi) is 5.58. The molecule has 0 bridgehead atoms. The average Bonchev–Trinajstić information content (AvgIpc) is 2.84. The number of carbonyl (C=O) groups excluding carboxylic acids is 1. The van der Waals surface area contributed by atoms with Crippen molar-refractivity contribution in [2.24, 2.45) is 4.99 Å². The standard InChI is InChI=1S/C24H18ClF3N2O/c1-30-21-12-11-18(25)14-19(21)22(16-5-3-2-4-6-16)29-20(23(30)31)13-15-7-9-17(10-8-15)24(26,27)28/h2-12,14,20H,13H2,1H3. The minimum atomic E-state index is -4.41. The summed E-state index contributed by atoms with van der Waals surface area (Å²) >= 11 is 6.23. The normalized spacial score (nSPS) is 16.5. The van der Waals surface area contributed by atoms with Gasteiger partial charge >= 0.3 is 6.18 Å². The van der Waals surface area contributed by atoms with Crippen LogP contribution in [0.4, 0.5) is 18.9 Å². The van der Waals surface area contributed by atoms with E-state index in [0.29, 0.717) is 22.0 Å². The van der Waals surface area contributed by atoms with Gasteiger partial charge in [0, 0.05) is 29.6 Å².